The number of aryl methyl sites for hydroxylation is 2. The lowest BCUT2D eigenvalue weighted by Gasteiger charge is -2.18. The van der Waals surface area contributed by atoms with Crippen molar-refractivity contribution in [1.29, 1.82) is 0 Å². The molecule has 1 unspecified atom stereocenters. The van der Waals surface area contributed by atoms with Crippen LogP contribution in [0.4, 0.5) is 0 Å². The Labute approximate surface area is 109 Å². The molecule has 2 N–H and O–H groups in total. The van der Waals surface area contributed by atoms with Gasteiger partial charge in [-0.25, -0.2) is 0 Å². The van der Waals surface area contributed by atoms with Gasteiger partial charge in [-0.3, -0.25) is 0 Å². The molecule has 0 radical (unpaired) electrons. The molecular formula is C15H23NO2. The summed E-state index contributed by atoms with van der Waals surface area (Å²) in [6.07, 6.45) is 2.84. The van der Waals surface area contributed by atoms with Crippen molar-refractivity contribution in [2.45, 2.75) is 45.3 Å². The van der Waals surface area contributed by atoms with Crippen molar-refractivity contribution in [2.75, 3.05) is 13.7 Å². The molecule has 0 amide bonds. The monoisotopic (exact) mass is 249 g/mol. The Balaban J connectivity index is 2.04. The number of aliphatic hydroxyl groups excluding tert-OH is 1. The van der Waals surface area contributed by atoms with Gasteiger partial charge in [0, 0.05) is 11.6 Å². The minimum absolute atomic E-state index is 0.452. The molecule has 2 rings (SSSR count). The second-order valence-electron chi connectivity index (χ2n) is 5.23. The maximum absolute atomic E-state index is 10.3. The van der Waals surface area contributed by atoms with Crippen molar-refractivity contribution in [3.05, 3.63) is 28.8 Å². The number of rotatable bonds is 6. The zero-order valence-electron chi connectivity index (χ0n) is 11.5. The molecule has 0 saturated heterocycles. The Hall–Kier alpha value is -1.06. The lowest BCUT2D eigenvalue weighted by atomic mass is 9.98. The quantitative estimate of drug-likeness (QED) is 0.814. The van der Waals surface area contributed by atoms with Crippen molar-refractivity contribution in [3.63, 3.8) is 0 Å². The zero-order valence-corrected chi connectivity index (χ0v) is 11.5. The van der Waals surface area contributed by atoms with E-state index in [2.05, 4.69) is 11.4 Å². The highest BCUT2D eigenvalue weighted by atomic mass is 16.5. The van der Waals surface area contributed by atoms with Crippen LogP contribution in [-0.4, -0.2) is 24.8 Å². The number of nitrogens with one attached hydrogen (secondary N) is 1. The Morgan fingerprint density at radius 3 is 2.72 bits per heavy atom. The van der Waals surface area contributed by atoms with Crippen LogP contribution in [-0.2, 0) is 0 Å². The molecular weight excluding hydrogens is 226 g/mol. The molecule has 18 heavy (non-hydrogen) atoms. The Morgan fingerprint density at radius 2 is 2.11 bits per heavy atom. The van der Waals surface area contributed by atoms with E-state index >= 15 is 0 Å². The third-order valence-electron chi connectivity index (χ3n) is 3.47. The number of aliphatic hydroxyl groups is 1. The van der Waals surface area contributed by atoms with Gasteiger partial charge in [-0.1, -0.05) is 6.07 Å². The Morgan fingerprint density at radius 1 is 1.39 bits per heavy atom. The number of hydrogen-bond donors (Lipinski definition) is 2. The molecule has 3 heteroatoms. The van der Waals surface area contributed by atoms with Crippen molar-refractivity contribution in [1.82, 2.24) is 5.32 Å². The predicted octanol–water partition coefficient (Wildman–Crippen LogP) is 2.49. The van der Waals surface area contributed by atoms with E-state index in [1.165, 1.54) is 12.8 Å². The lowest BCUT2D eigenvalue weighted by molar-refractivity contribution is 0.162. The van der Waals surface area contributed by atoms with Gasteiger partial charge < -0.3 is 15.2 Å². The fourth-order valence-electron chi connectivity index (χ4n) is 2.39. The first-order valence-electron chi connectivity index (χ1n) is 6.68. The summed E-state index contributed by atoms with van der Waals surface area (Å²) in [5.41, 5.74) is 3.20. The summed E-state index contributed by atoms with van der Waals surface area (Å²) in [6, 6.07) is 4.77. The number of benzene rings is 1. The second-order valence-corrected chi connectivity index (χ2v) is 5.23. The van der Waals surface area contributed by atoms with Gasteiger partial charge in [-0.05, 0) is 56.8 Å². The summed E-state index contributed by atoms with van der Waals surface area (Å²) < 4.78 is 5.39. The molecule has 0 aromatic heterocycles. The average molecular weight is 249 g/mol. The third-order valence-corrected chi connectivity index (χ3v) is 3.47. The van der Waals surface area contributed by atoms with E-state index in [0.717, 1.165) is 35.4 Å². The summed E-state index contributed by atoms with van der Waals surface area (Å²) in [7, 11) is 1.66. The van der Waals surface area contributed by atoms with Gasteiger partial charge in [-0.15, -0.1) is 0 Å². The van der Waals surface area contributed by atoms with Crippen LogP contribution in [0.15, 0.2) is 12.1 Å². The summed E-state index contributed by atoms with van der Waals surface area (Å²) in [5, 5.41) is 13.7. The second kappa shape index (κ2) is 5.72. The first-order valence-corrected chi connectivity index (χ1v) is 6.68. The van der Waals surface area contributed by atoms with Gasteiger partial charge in [0.1, 0.15) is 5.75 Å². The van der Waals surface area contributed by atoms with Crippen LogP contribution in [0.25, 0.3) is 0 Å². The standard InChI is InChI=1S/C15H23NO2/c1-10-8-11(2)15(14(9-10)18-3)13(17)6-7-16-12-4-5-12/h8-9,12-13,16-17H,4-7H2,1-3H3. The van der Waals surface area contributed by atoms with Crippen LogP contribution >= 0.6 is 0 Å². The van der Waals surface area contributed by atoms with Crippen molar-refractivity contribution in [3.8, 4) is 5.75 Å². The van der Waals surface area contributed by atoms with Gasteiger partial charge in [0.25, 0.3) is 0 Å². The summed E-state index contributed by atoms with van der Waals surface area (Å²) >= 11 is 0. The van der Waals surface area contributed by atoms with Gasteiger partial charge in [0.15, 0.2) is 0 Å². The summed E-state index contributed by atoms with van der Waals surface area (Å²) in [4.78, 5) is 0. The van der Waals surface area contributed by atoms with Crippen LogP contribution in [0.2, 0.25) is 0 Å². The first kappa shape index (κ1) is 13.4. The third kappa shape index (κ3) is 3.24. The normalized spacial score (nSPS) is 16.7. The van der Waals surface area contributed by atoms with E-state index < -0.39 is 6.10 Å². The van der Waals surface area contributed by atoms with E-state index in [-0.39, 0.29) is 0 Å². The highest BCUT2D eigenvalue weighted by Gasteiger charge is 2.21. The van der Waals surface area contributed by atoms with Crippen molar-refractivity contribution in [2.24, 2.45) is 0 Å². The summed E-state index contributed by atoms with van der Waals surface area (Å²) in [5.74, 6) is 0.798. The molecule has 1 aromatic rings. The smallest absolute Gasteiger partial charge is 0.125 e. The Bertz CT molecular complexity index is 413. The topological polar surface area (TPSA) is 41.5 Å². The largest absolute Gasteiger partial charge is 0.496 e. The number of ether oxygens (including phenoxy) is 1. The van der Waals surface area contributed by atoms with E-state index in [1.807, 2.05) is 19.9 Å². The van der Waals surface area contributed by atoms with Crippen LogP contribution < -0.4 is 10.1 Å². The first-order chi connectivity index (χ1) is 8.61. The molecule has 0 aliphatic heterocycles. The minimum Gasteiger partial charge on any atom is -0.496 e. The highest BCUT2D eigenvalue weighted by molar-refractivity contribution is 5.44. The summed E-state index contributed by atoms with van der Waals surface area (Å²) in [6.45, 7) is 4.94. The fraction of sp³-hybridized carbons (Fsp3) is 0.600. The molecule has 1 aromatic carbocycles. The SMILES string of the molecule is COc1cc(C)cc(C)c1C(O)CCNC1CC1. The van der Waals surface area contributed by atoms with Gasteiger partial charge >= 0.3 is 0 Å². The highest BCUT2D eigenvalue weighted by Crippen LogP contribution is 2.31. The maximum atomic E-state index is 10.3. The molecule has 1 atom stereocenters. The molecule has 1 aliphatic rings. The van der Waals surface area contributed by atoms with Crippen molar-refractivity contribution >= 4 is 0 Å². The maximum Gasteiger partial charge on any atom is 0.125 e. The minimum atomic E-state index is -0.452. The van der Waals surface area contributed by atoms with E-state index in [9.17, 15) is 5.11 Å². The molecule has 100 valence electrons. The lowest BCUT2D eigenvalue weighted by Crippen LogP contribution is -2.20. The molecule has 0 spiro atoms. The number of hydrogen-bond acceptors (Lipinski definition) is 3. The zero-order chi connectivity index (χ0) is 13.1. The molecule has 1 saturated carbocycles. The molecule has 0 bridgehead atoms. The van der Waals surface area contributed by atoms with Crippen molar-refractivity contribution < 1.29 is 9.84 Å². The molecule has 3 nitrogen and oxygen atoms in total. The fourth-order valence-corrected chi connectivity index (χ4v) is 2.39. The van der Waals surface area contributed by atoms with Crippen LogP contribution in [0.3, 0.4) is 0 Å². The van der Waals surface area contributed by atoms with Gasteiger partial charge in [0.05, 0.1) is 13.2 Å². The van der Waals surface area contributed by atoms with Crippen LogP contribution in [0.1, 0.15) is 42.1 Å². The van der Waals surface area contributed by atoms with Crippen LogP contribution in [0.5, 0.6) is 5.75 Å². The molecule has 0 heterocycles. The molecule has 1 aliphatic carbocycles. The van der Waals surface area contributed by atoms with Gasteiger partial charge in [0.2, 0.25) is 0 Å². The Kier molecular flexibility index (Phi) is 4.25. The average Bonchev–Trinajstić information content (AvgIpc) is 3.11. The van der Waals surface area contributed by atoms with E-state index in [0.29, 0.717) is 6.04 Å². The molecule has 1 fully saturated rings. The van der Waals surface area contributed by atoms with E-state index in [4.69, 9.17) is 4.74 Å². The van der Waals surface area contributed by atoms with Crippen LogP contribution in [0, 0.1) is 13.8 Å². The van der Waals surface area contributed by atoms with E-state index in [1.54, 1.807) is 7.11 Å². The predicted molar refractivity (Wildman–Crippen MR) is 73.1 cm³/mol. The number of methoxy groups -OCH3 is 1. The van der Waals surface area contributed by atoms with Gasteiger partial charge in [-0.2, -0.15) is 0 Å².